The summed E-state index contributed by atoms with van der Waals surface area (Å²) in [7, 11) is -3.85. The Hall–Kier alpha value is -2.16. The molecule has 2 rings (SSSR count). The van der Waals surface area contributed by atoms with Crippen LogP contribution < -0.4 is 16.2 Å². The van der Waals surface area contributed by atoms with Crippen LogP contribution in [0.25, 0.3) is 0 Å². The first-order chi connectivity index (χ1) is 9.81. The molecule has 0 saturated carbocycles. The topological polar surface area (TPSA) is 128 Å². The average molecular weight is 309 g/mol. The number of aryl methyl sites for hydroxylation is 1. The van der Waals surface area contributed by atoms with Gasteiger partial charge in [-0.2, -0.15) is 0 Å². The highest BCUT2D eigenvalue weighted by Crippen LogP contribution is 2.20. The number of hydrogen-bond donors (Lipinski definition) is 3. The van der Waals surface area contributed by atoms with Crippen LogP contribution in [0.3, 0.4) is 0 Å². The molecule has 1 aromatic carbocycles. The smallest absolute Gasteiger partial charge is 0.291 e. The summed E-state index contributed by atoms with van der Waals surface area (Å²) in [6.07, 6.45) is 0. The van der Waals surface area contributed by atoms with Crippen molar-refractivity contribution in [3.05, 3.63) is 47.4 Å². The maximum atomic E-state index is 12.0. The van der Waals surface area contributed by atoms with Crippen molar-refractivity contribution < 1.29 is 17.6 Å². The maximum Gasteiger partial charge on any atom is 0.291 e. The second kappa shape index (κ2) is 5.68. The monoisotopic (exact) mass is 309 g/mol. The molecule has 1 aromatic heterocycles. The highest BCUT2D eigenvalue weighted by Gasteiger charge is 2.15. The second-order valence-corrected chi connectivity index (χ2v) is 5.98. The van der Waals surface area contributed by atoms with Crippen molar-refractivity contribution in [3.8, 4) is 0 Å². The number of anilines is 1. The lowest BCUT2D eigenvalue weighted by molar-refractivity contribution is 0.0995. The molecule has 0 aliphatic carbocycles. The van der Waals surface area contributed by atoms with Crippen LogP contribution in [-0.4, -0.2) is 14.3 Å². The number of rotatable bonds is 4. The third-order valence-electron chi connectivity index (χ3n) is 2.84. The minimum Gasteiger partial charge on any atom is -0.455 e. The fourth-order valence-electron chi connectivity index (χ4n) is 1.79. The van der Waals surface area contributed by atoms with Gasteiger partial charge < -0.3 is 15.5 Å². The molecule has 112 valence electrons. The molecule has 0 bridgehead atoms. The summed E-state index contributed by atoms with van der Waals surface area (Å²) in [5.74, 6) is 0.0707. The molecular weight excluding hydrogens is 294 g/mol. The Morgan fingerprint density at radius 1 is 1.29 bits per heavy atom. The van der Waals surface area contributed by atoms with Crippen LogP contribution in [0.5, 0.6) is 0 Å². The van der Waals surface area contributed by atoms with Gasteiger partial charge in [0.25, 0.3) is 5.91 Å². The number of sulfonamides is 1. The molecule has 0 radical (unpaired) electrons. The molecule has 0 spiro atoms. The van der Waals surface area contributed by atoms with E-state index in [1.807, 2.05) is 0 Å². The van der Waals surface area contributed by atoms with E-state index in [0.717, 1.165) is 0 Å². The van der Waals surface area contributed by atoms with Crippen molar-refractivity contribution in [2.24, 2.45) is 10.9 Å². The molecule has 0 saturated heterocycles. The molecule has 8 heteroatoms. The first-order valence-electron chi connectivity index (χ1n) is 6.05. The molecule has 0 aliphatic heterocycles. The van der Waals surface area contributed by atoms with Gasteiger partial charge in [0.2, 0.25) is 10.0 Å². The summed E-state index contributed by atoms with van der Waals surface area (Å²) in [6.45, 7) is 1.80. The Kier molecular flexibility index (Phi) is 4.12. The molecule has 21 heavy (non-hydrogen) atoms. The van der Waals surface area contributed by atoms with E-state index in [2.05, 4.69) is 5.32 Å². The zero-order valence-corrected chi connectivity index (χ0v) is 12.1. The Morgan fingerprint density at radius 3 is 2.57 bits per heavy atom. The lowest BCUT2D eigenvalue weighted by Crippen LogP contribution is -2.15. The standard InChI is InChI=1S/C13H15N3O4S/c1-8-2-3-9(6-12(8)21(15,18)19)16-13(17)11-5-4-10(7-14)20-11/h2-6H,7,14H2,1H3,(H,16,17)(H2,15,18,19). The minimum absolute atomic E-state index is 0.0395. The van der Waals surface area contributed by atoms with E-state index in [0.29, 0.717) is 17.0 Å². The van der Waals surface area contributed by atoms with E-state index in [-0.39, 0.29) is 17.2 Å². The Labute approximate surface area is 122 Å². The SMILES string of the molecule is Cc1ccc(NC(=O)c2ccc(CN)o2)cc1S(N)(=O)=O. The van der Waals surface area contributed by atoms with Gasteiger partial charge in [-0.25, -0.2) is 13.6 Å². The van der Waals surface area contributed by atoms with Gasteiger partial charge >= 0.3 is 0 Å². The second-order valence-electron chi connectivity index (χ2n) is 4.45. The van der Waals surface area contributed by atoms with E-state index < -0.39 is 15.9 Å². The van der Waals surface area contributed by atoms with Crippen LogP contribution >= 0.6 is 0 Å². The van der Waals surface area contributed by atoms with Crippen molar-refractivity contribution in [2.75, 3.05) is 5.32 Å². The number of nitrogens with two attached hydrogens (primary N) is 2. The molecule has 0 fully saturated rings. The van der Waals surface area contributed by atoms with Crippen molar-refractivity contribution in [3.63, 3.8) is 0 Å². The van der Waals surface area contributed by atoms with Crippen molar-refractivity contribution in [1.29, 1.82) is 0 Å². The van der Waals surface area contributed by atoms with Crippen molar-refractivity contribution >= 4 is 21.6 Å². The number of carbonyl (C=O) groups is 1. The number of primary sulfonamides is 1. The van der Waals surface area contributed by atoms with Gasteiger partial charge in [0.1, 0.15) is 5.76 Å². The summed E-state index contributed by atoms with van der Waals surface area (Å²) in [4.78, 5) is 11.9. The summed E-state index contributed by atoms with van der Waals surface area (Å²) in [5.41, 5.74) is 6.20. The van der Waals surface area contributed by atoms with E-state index in [1.165, 1.54) is 12.1 Å². The van der Waals surface area contributed by atoms with Gasteiger partial charge in [0.05, 0.1) is 11.4 Å². The van der Waals surface area contributed by atoms with Gasteiger partial charge in [-0.1, -0.05) is 6.07 Å². The normalized spacial score (nSPS) is 11.4. The fourth-order valence-corrected chi connectivity index (χ4v) is 2.59. The summed E-state index contributed by atoms with van der Waals surface area (Å²) >= 11 is 0. The quantitative estimate of drug-likeness (QED) is 0.774. The van der Waals surface area contributed by atoms with Crippen molar-refractivity contribution in [2.45, 2.75) is 18.4 Å². The van der Waals surface area contributed by atoms with E-state index >= 15 is 0 Å². The first-order valence-corrected chi connectivity index (χ1v) is 7.59. The van der Waals surface area contributed by atoms with Crippen LogP contribution in [0.1, 0.15) is 21.9 Å². The number of furan rings is 1. The summed E-state index contributed by atoms with van der Waals surface area (Å²) in [5, 5.41) is 7.66. The number of carbonyl (C=O) groups excluding carboxylic acids is 1. The van der Waals surface area contributed by atoms with Crippen molar-refractivity contribution in [1.82, 2.24) is 0 Å². The van der Waals surface area contributed by atoms with E-state index in [1.54, 1.807) is 25.1 Å². The Bertz CT molecular complexity index is 780. The fraction of sp³-hybridized carbons (Fsp3) is 0.154. The first kappa shape index (κ1) is 15.2. The number of amides is 1. The van der Waals surface area contributed by atoms with Crippen LogP contribution in [0.15, 0.2) is 39.6 Å². The van der Waals surface area contributed by atoms with Gasteiger partial charge in [-0.3, -0.25) is 4.79 Å². The van der Waals surface area contributed by atoms with Gasteiger partial charge in [-0.05, 0) is 36.8 Å². The van der Waals surface area contributed by atoms with Gasteiger partial charge in [-0.15, -0.1) is 0 Å². The lowest BCUT2D eigenvalue weighted by Gasteiger charge is -2.08. The molecule has 7 nitrogen and oxygen atoms in total. The molecule has 1 heterocycles. The van der Waals surface area contributed by atoms with E-state index in [9.17, 15) is 13.2 Å². The van der Waals surface area contributed by atoms with Crippen LogP contribution in [-0.2, 0) is 16.6 Å². The Balaban J connectivity index is 2.26. The van der Waals surface area contributed by atoms with Gasteiger partial charge in [0.15, 0.2) is 5.76 Å². The largest absolute Gasteiger partial charge is 0.455 e. The highest BCUT2D eigenvalue weighted by atomic mass is 32.2. The van der Waals surface area contributed by atoms with E-state index in [4.69, 9.17) is 15.3 Å². The zero-order valence-electron chi connectivity index (χ0n) is 11.3. The predicted molar refractivity (Wildman–Crippen MR) is 77.1 cm³/mol. The Morgan fingerprint density at radius 2 is 2.00 bits per heavy atom. The summed E-state index contributed by atoms with van der Waals surface area (Å²) in [6, 6.07) is 7.53. The molecule has 2 aromatic rings. The average Bonchev–Trinajstić information content (AvgIpc) is 2.88. The molecule has 0 unspecified atom stereocenters. The van der Waals surface area contributed by atoms with Crippen LogP contribution in [0.2, 0.25) is 0 Å². The molecule has 5 N–H and O–H groups in total. The van der Waals surface area contributed by atoms with Crippen LogP contribution in [0.4, 0.5) is 5.69 Å². The van der Waals surface area contributed by atoms with Gasteiger partial charge in [0, 0.05) is 5.69 Å². The molecule has 0 aliphatic rings. The molecule has 1 amide bonds. The predicted octanol–water partition coefficient (Wildman–Crippen LogP) is 0.946. The number of nitrogens with one attached hydrogen (secondary N) is 1. The minimum atomic E-state index is -3.85. The molecular formula is C13H15N3O4S. The van der Waals surface area contributed by atoms with Crippen LogP contribution in [0, 0.1) is 6.92 Å². The molecule has 0 atom stereocenters. The lowest BCUT2D eigenvalue weighted by atomic mass is 10.2. The summed E-state index contributed by atoms with van der Waals surface area (Å²) < 4.78 is 28.1. The highest BCUT2D eigenvalue weighted by molar-refractivity contribution is 7.89. The zero-order chi connectivity index (χ0) is 15.6. The third-order valence-corrected chi connectivity index (χ3v) is 3.89. The third kappa shape index (κ3) is 3.48. The number of hydrogen-bond acceptors (Lipinski definition) is 5. The maximum absolute atomic E-state index is 12.0. The number of benzene rings is 1.